The summed E-state index contributed by atoms with van der Waals surface area (Å²) in [6.07, 6.45) is 15.2. The Morgan fingerprint density at radius 2 is 1.62 bits per heavy atom. The fourth-order valence-electron chi connectivity index (χ4n) is 7.80. The van der Waals surface area contributed by atoms with Crippen molar-refractivity contribution in [2.75, 3.05) is 4.90 Å². The first-order chi connectivity index (χ1) is 19.1. The largest absolute Gasteiger partial charge is 0.303 e. The van der Waals surface area contributed by atoms with Crippen molar-refractivity contribution in [1.82, 2.24) is 24.7 Å². The molecule has 9 rings (SSSR count). The number of amides is 1. The van der Waals surface area contributed by atoms with Crippen LogP contribution in [0.25, 0.3) is 17.6 Å². The molecule has 39 heavy (non-hydrogen) atoms. The summed E-state index contributed by atoms with van der Waals surface area (Å²) < 4.78 is 8.66. The summed E-state index contributed by atoms with van der Waals surface area (Å²) in [5, 5.41) is 21.9. The van der Waals surface area contributed by atoms with Crippen molar-refractivity contribution in [2.24, 2.45) is 17.8 Å². The van der Waals surface area contributed by atoms with Crippen molar-refractivity contribution in [2.45, 2.75) is 43.9 Å². The molecular formula is C29H27N7O2S. The molecule has 1 N–H and O–H groups in total. The molecule has 4 aliphatic carbocycles. The lowest BCUT2D eigenvalue weighted by atomic mass is 9.48. The van der Waals surface area contributed by atoms with Gasteiger partial charge in [0.05, 0.1) is 16.3 Å². The maximum atomic E-state index is 13.7. The highest BCUT2D eigenvalue weighted by molar-refractivity contribution is 8.19. The first kappa shape index (κ1) is 23.0. The van der Waals surface area contributed by atoms with Crippen LogP contribution in [0.4, 0.5) is 5.82 Å². The predicted octanol–water partition coefficient (Wildman–Crippen LogP) is 5.57. The fourth-order valence-corrected chi connectivity index (χ4v) is 8.63. The van der Waals surface area contributed by atoms with Gasteiger partial charge in [0.25, 0.3) is 5.91 Å². The van der Waals surface area contributed by atoms with Crippen LogP contribution in [0.5, 0.6) is 0 Å². The van der Waals surface area contributed by atoms with Crippen LogP contribution in [-0.2, 0) is 10.2 Å². The lowest BCUT2D eigenvalue weighted by Gasteiger charge is -2.56. The van der Waals surface area contributed by atoms with Crippen molar-refractivity contribution < 1.29 is 9.42 Å². The second kappa shape index (κ2) is 8.54. The SMILES string of the molecule is N=C1SC(=Cc2cn(-c3ccccc3)nc2C23CC4CC(CC(C4)C2)C3)C(=O)N1c1nonc1-n1cccc1. The molecule has 4 heterocycles. The Balaban J connectivity index is 1.21. The van der Waals surface area contributed by atoms with Gasteiger partial charge in [0, 0.05) is 29.6 Å². The molecule has 0 unspecified atom stereocenters. The Morgan fingerprint density at radius 1 is 0.949 bits per heavy atom. The van der Waals surface area contributed by atoms with Gasteiger partial charge in [0.1, 0.15) is 0 Å². The summed E-state index contributed by atoms with van der Waals surface area (Å²) in [4.78, 5) is 15.5. The third kappa shape index (κ3) is 3.65. The molecule has 1 aliphatic heterocycles. The van der Waals surface area contributed by atoms with E-state index in [1.165, 1.54) is 43.4 Å². The van der Waals surface area contributed by atoms with Crippen molar-refractivity contribution in [1.29, 1.82) is 5.41 Å². The molecule has 1 saturated heterocycles. The third-order valence-electron chi connectivity index (χ3n) is 8.93. The zero-order valence-corrected chi connectivity index (χ0v) is 22.1. The smallest absolute Gasteiger partial charge is 0.272 e. The molecule has 1 amide bonds. The van der Waals surface area contributed by atoms with Crippen LogP contribution in [0.3, 0.4) is 0 Å². The molecule has 4 bridgehead atoms. The van der Waals surface area contributed by atoms with E-state index in [9.17, 15) is 4.79 Å². The number of amidine groups is 1. The minimum atomic E-state index is -0.307. The first-order valence-corrected chi connectivity index (χ1v) is 14.3. The zero-order chi connectivity index (χ0) is 26.1. The van der Waals surface area contributed by atoms with Crippen LogP contribution in [0, 0.1) is 23.2 Å². The number of para-hydroxylation sites is 1. The van der Waals surface area contributed by atoms with Gasteiger partial charge in [-0.25, -0.2) is 14.2 Å². The number of benzene rings is 1. The number of thioether (sulfide) groups is 1. The van der Waals surface area contributed by atoms with Crippen molar-refractivity contribution in [3.05, 3.63) is 77.2 Å². The molecule has 1 aromatic carbocycles. The molecule has 0 atom stereocenters. The van der Waals surface area contributed by atoms with E-state index in [1.54, 1.807) is 17.0 Å². The average molecular weight is 538 g/mol. The van der Waals surface area contributed by atoms with E-state index >= 15 is 0 Å². The summed E-state index contributed by atoms with van der Waals surface area (Å²) in [5.41, 5.74) is 3.12. The van der Waals surface area contributed by atoms with Gasteiger partial charge in [0.2, 0.25) is 11.6 Å². The lowest BCUT2D eigenvalue weighted by Crippen LogP contribution is -2.49. The molecule has 9 nitrogen and oxygen atoms in total. The summed E-state index contributed by atoms with van der Waals surface area (Å²) in [5.74, 6) is 2.59. The molecule has 196 valence electrons. The van der Waals surface area contributed by atoms with E-state index in [2.05, 4.69) is 28.6 Å². The van der Waals surface area contributed by atoms with Crippen LogP contribution in [0.1, 0.15) is 49.8 Å². The Kier molecular flexibility index (Phi) is 5.04. The Labute approximate surface area is 229 Å². The molecule has 4 saturated carbocycles. The van der Waals surface area contributed by atoms with E-state index in [4.69, 9.17) is 15.1 Å². The minimum Gasteiger partial charge on any atom is -0.303 e. The van der Waals surface area contributed by atoms with Crippen LogP contribution in [0.2, 0.25) is 0 Å². The monoisotopic (exact) mass is 537 g/mol. The molecule has 4 aromatic rings. The topological polar surface area (TPSA) is 106 Å². The number of nitrogens with zero attached hydrogens (tertiary/aromatic N) is 6. The molecular weight excluding hydrogens is 510 g/mol. The molecule has 5 fully saturated rings. The lowest BCUT2D eigenvalue weighted by molar-refractivity contribution is -0.113. The molecule has 0 radical (unpaired) electrons. The van der Waals surface area contributed by atoms with Gasteiger partial charge in [0.15, 0.2) is 5.17 Å². The Morgan fingerprint density at radius 3 is 2.31 bits per heavy atom. The van der Waals surface area contributed by atoms with Gasteiger partial charge in [-0.15, -0.1) is 0 Å². The van der Waals surface area contributed by atoms with Gasteiger partial charge in [-0.3, -0.25) is 10.2 Å². The number of nitrogens with one attached hydrogen (secondary N) is 1. The van der Waals surface area contributed by atoms with E-state index in [-0.39, 0.29) is 22.3 Å². The maximum absolute atomic E-state index is 13.7. The number of carbonyl (C=O) groups excluding carboxylic acids is 1. The highest BCUT2D eigenvalue weighted by Gasteiger charge is 2.53. The van der Waals surface area contributed by atoms with Crippen LogP contribution < -0.4 is 4.90 Å². The number of carbonyl (C=O) groups is 1. The highest BCUT2D eigenvalue weighted by atomic mass is 32.2. The second-order valence-electron chi connectivity index (χ2n) is 11.5. The van der Waals surface area contributed by atoms with E-state index in [0.717, 1.165) is 46.5 Å². The Bertz CT molecular complexity index is 1580. The molecule has 3 aromatic heterocycles. The predicted molar refractivity (Wildman–Crippen MR) is 148 cm³/mol. The summed E-state index contributed by atoms with van der Waals surface area (Å²) in [6.45, 7) is 0. The number of aromatic nitrogens is 5. The van der Waals surface area contributed by atoms with Crippen LogP contribution >= 0.6 is 11.8 Å². The number of rotatable bonds is 5. The van der Waals surface area contributed by atoms with Gasteiger partial charge in [-0.05, 0) is 109 Å². The average Bonchev–Trinajstić information content (AvgIpc) is 3.72. The van der Waals surface area contributed by atoms with Crippen molar-refractivity contribution >= 4 is 34.7 Å². The van der Waals surface area contributed by atoms with E-state index < -0.39 is 0 Å². The van der Waals surface area contributed by atoms with E-state index in [1.807, 2.05) is 41.1 Å². The molecule has 5 aliphatic rings. The summed E-state index contributed by atoms with van der Waals surface area (Å²) >= 11 is 1.14. The van der Waals surface area contributed by atoms with Gasteiger partial charge in [-0.1, -0.05) is 18.2 Å². The quantitative estimate of drug-likeness (QED) is 0.334. The van der Waals surface area contributed by atoms with Crippen molar-refractivity contribution in [3.63, 3.8) is 0 Å². The van der Waals surface area contributed by atoms with E-state index in [0.29, 0.717) is 10.7 Å². The normalized spacial score (nSPS) is 28.8. The highest BCUT2D eigenvalue weighted by Crippen LogP contribution is 2.61. The summed E-state index contributed by atoms with van der Waals surface area (Å²) in [7, 11) is 0. The number of hydrogen-bond donors (Lipinski definition) is 1. The standard InChI is InChI=1S/C29H27N7O2S/c30-28-36(26-25(32-38-33-26)34-8-4-5-9-34)27(37)23(39-28)13-21-17-35(22-6-2-1-3-7-22)31-24(21)29-14-18-10-19(15-29)12-20(11-18)16-29/h1-9,13,17-20,30H,10-12,14-16H2. The zero-order valence-electron chi connectivity index (χ0n) is 21.2. The summed E-state index contributed by atoms with van der Waals surface area (Å²) in [6, 6.07) is 13.9. The third-order valence-corrected chi connectivity index (χ3v) is 9.82. The van der Waals surface area contributed by atoms with Crippen LogP contribution in [-0.4, -0.2) is 35.7 Å². The van der Waals surface area contributed by atoms with Gasteiger partial charge in [-0.2, -0.15) is 5.10 Å². The fraction of sp³-hybridized carbons (Fsp3) is 0.345. The molecule has 0 spiro atoms. The van der Waals surface area contributed by atoms with Crippen molar-refractivity contribution in [3.8, 4) is 11.5 Å². The number of hydrogen-bond acceptors (Lipinski definition) is 7. The van der Waals surface area contributed by atoms with Crippen LogP contribution in [0.15, 0.2) is 70.6 Å². The second-order valence-corrected chi connectivity index (χ2v) is 12.5. The minimum absolute atomic E-state index is 0.0539. The Hall–Kier alpha value is -3.92. The number of anilines is 1. The van der Waals surface area contributed by atoms with Gasteiger partial charge < -0.3 is 4.57 Å². The maximum Gasteiger partial charge on any atom is 0.272 e. The molecule has 10 heteroatoms. The van der Waals surface area contributed by atoms with Gasteiger partial charge >= 0.3 is 0 Å². The first-order valence-electron chi connectivity index (χ1n) is 13.5.